The Morgan fingerprint density at radius 2 is 1.71 bits per heavy atom. The molecule has 0 aliphatic rings. The average molecular weight is 301 g/mol. The van der Waals surface area contributed by atoms with Crippen LogP contribution in [0.25, 0.3) is 0 Å². The lowest BCUT2D eigenvalue weighted by Crippen LogP contribution is -2.07. The largest absolute Gasteiger partial charge is 0.380 e. The first-order valence-electron chi connectivity index (χ1n) is 7.91. The van der Waals surface area contributed by atoms with E-state index in [1.54, 1.807) is 0 Å². The van der Waals surface area contributed by atoms with Crippen LogP contribution in [0.1, 0.15) is 55.9 Å². The molecule has 1 nitrogen and oxygen atoms in total. The summed E-state index contributed by atoms with van der Waals surface area (Å²) in [6.07, 6.45) is 3.72. The van der Waals surface area contributed by atoms with Crippen molar-refractivity contribution >= 4 is 17.0 Å². The van der Waals surface area contributed by atoms with Gasteiger partial charge in [-0.05, 0) is 48.1 Å². The molecule has 114 valence electrons. The Morgan fingerprint density at radius 3 is 2.29 bits per heavy atom. The molecule has 2 aromatic rings. The molecular formula is C19H27NS. The van der Waals surface area contributed by atoms with Crippen LogP contribution in [-0.4, -0.2) is 0 Å². The van der Waals surface area contributed by atoms with E-state index in [1.165, 1.54) is 40.3 Å². The Hall–Kier alpha value is -1.28. The van der Waals surface area contributed by atoms with Crippen LogP contribution < -0.4 is 5.32 Å². The highest BCUT2D eigenvalue weighted by Crippen LogP contribution is 2.29. The first kappa shape index (κ1) is 16.1. The Morgan fingerprint density at radius 1 is 1.00 bits per heavy atom. The molecule has 1 aromatic carbocycles. The van der Waals surface area contributed by atoms with Crippen molar-refractivity contribution in [3.63, 3.8) is 0 Å². The van der Waals surface area contributed by atoms with Gasteiger partial charge in [0.1, 0.15) is 0 Å². The van der Waals surface area contributed by atoms with Crippen LogP contribution in [-0.2, 0) is 18.4 Å². The minimum Gasteiger partial charge on any atom is -0.380 e. The molecule has 2 rings (SSSR count). The summed E-state index contributed by atoms with van der Waals surface area (Å²) < 4.78 is 0. The van der Waals surface area contributed by atoms with Crippen LogP contribution >= 0.6 is 11.3 Å². The van der Waals surface area contributed by atoms with Gasteiger partial charge < -0.3 is 5.32 Å². The maximum absolute atomic E-state index is 3.52. The molecule has 0 aliphatic carbocycles. The monoisotopic (exact) mass is 301 g/mol. The van der Waals surface area contributed by atoms with E-state index in [1.807, 2.05) is 11.3 Å². The molecule has 0 atom stereocenters. The van der Waals surface area contributed by atoms with Gasteiger partial charge in [-0.1, -0.05) is 46.2 Å². The molecule has 0 amide bonds. The summed E-state index contributed by atoms with van der Waals surface area (Å²) in [5.41, 5.74) is 2.90. The van der Waals surface area contributed by atoms with Gasteiger partial charge in [-0.3, -0.25) is 0 Å². The third-order valence-corrected chi connectivity index (χ3v) is 5.15. The minimum absolute atomic E-state index is 0.254. The number of thiophene rings is 1. The van der Waals surface area contributed by atoms with Crippen LogP contribution in [0.3, 0.4) is 0 Å². The number of nitrogens with one attached hydrogen (secondary N) is 1. The number of unbranched alkanes of at least 4 members (excludes halogenated alkanes) is 1. The Balaban J connectivity index is 1.89. The molecule has 0 radical (unpaired) electrons. The van der Waals surface area contributed by atoms with Gasteiger partial charge in [0.15, 0.2) is 0 Å². The van der Waals surface area contributed by atoms with Gasteiger partial charge in [0.2, 0.25) is 0 Å². The second-order valence-corrected chi connectivity index (χ2v) is 7.84. The summed E-state index contributed by atoms with van der Waals surface area (Å²) in [5.74, 6) is 0. The molecule has 0 bridgehead atoms. The zero-order chi connectivity index (χ0) is 15.3. The van der Waals surface area contributed by atoms with Crippen molar-refractivity contribution in [2.75, 3.05) is 5.32 Å². The highest BCUT2D eigenvalue weighted by Gasteiger charge is 2.15. The highest BCUT2D eigenvalue weighted by atomic mass is 32.1. The number of aryl methyl sites for hydroxylation is 1. The lowest BCUT2D eigenvalue weighted by Gasteiger charge is -2.15. The van der Waals surface area contributed by atoms with E-state index in [4.69, 9.17) is 0 Å². The molecule has 1 N–H and O–H groups in total. The van der Waals surface area contributed by atoms with Crippen molar-refractivity contribution < 1.29 is 0 Å². The Kier molecular flexibility index (Phi) is 5.46. The summed E-state index contributed by atoms with van der Waals surface area (Å²) >= 11 is 1.91. The zero-order valence-corrected chi connectivity index (χ0v) is 14.5. The highest BCUT2D eigenvalue weighted by molar-refractivity contribution is 7.12. The summed E-state index contributed by atoms with van der Waals surface area (Å²) in [7, 11) is 0. The SMILES string of the molecule is CCCCc1ccc(NCc2ccc(C(C)(C)C)s2)cc1. The standard InChI is InChI=1S/C19H27NS/c1-5-6-7-15-8-10-16(11-9-15)20-14-17-12-13-18(21-17)19(2,3)4/h8-13,20H,5-7,14H2,1-4H3. The first-order chi connectivity index (χ1) is 9.99. The zero-order valence-electron chi connectivity index (χ0n) is 13.7. The predicted molar refractivity (Wildman–Crippen MR) is 95.4 cm³/mol. The quantitative estimate of drug-likeness (QED) is 0.690. The van der Waals surface area contributed by atoms with Crippen molar-refractivity contribution in [3.8, 4) is 0 Å². The molecule has 0 saturated carbocycles. The summed E-state index contributed by atoms with van der Waals surface area (Å²) in [5, 5.41) is 3.52. The van der Waals surface area contributed by atoms with Crippen molar-refractivity contribution in [3.05, 3.63) is 51.7 Å². The lowest BCUT2D eigenvalue weighted by molar-refractivity contribution is 0.604. The molecule has 0 unspecified atom stereocenters. The molecular weight excluding hydrogens is 274 g/mol. The van der Waals surface area contributed by atoms with E-state index < -0.39 is 0 Å². The van der Waals surface area contributed by atoms with E-state index in [0.29, 0.717) is 0 Å². The second kappa shape index (κ2) is 7.13. The van der Waals surface area contributed by atoms with Crippen LogP contribution in [0.5, 0.6) is 0 Å². The van der Waals surface area contributed by atoms with Gasteiger partial charge >= 0.3 is 0 Å². The smallest absolute Gasteiger partial charge is 0.0494 e. The van der Waals surface area contributed by atoms with Gasteiger partial charge in [0, 0.05) is 22.0 Å². The fourth-order valence-electron chi connectivity index (χ4n) is 2.24. The Bertz CT molecular complexity index is 546. The van der Waals surface area contributed by atoms with Gasteiger partial charge in [-0.2, -0.15) is 0 Å². The summed E-state index contributed by atoms with van der Waals surface area (Å²) in [6, 6.07) is 13.4. The molecule has 0 spiro atoms. The van der Waals surface area contributed by atoms with Gasteiger partial charge in [0.05, 0.1) is 0 Å². The van der Waals surface area contributed by atoms with Crippen molar-refractivity contribution in [1.82, 2.24) is 0 Å². The topological polar surface area (TPSA) is 12.0 Å². The van der Waals surface area contributed by atoms with Crippen molar-refractivity contribution in [1.29, 1.82) is 0 Å². The third kappa shape index (κ3) is 4.89. The third-order valence-electron chi connectivity index (χ3n) is 3.64. The second-order valence-electron chi connectivity index (χ2n) is 6.67. The fraction of sp³-hybridized carbons (Fsp3) is 0.474. The predicted octanol–water partition coefficient (Wildman–Crippen LogP) is 6.00. The number of rotatable bonds is 6. The van der Waals surface area contributed by atoms with Crippen LogP contribution in [0, 0.1) is 0 Å². The first-order valence-corrected chi connectivity index (χ1v) is 8.72. The molecule has 0 fully saturated rings. The molecule has 1 aromatic heterocycles. The van der Waals surface area contributed by atoms with Crippen LogP contribution in [0.4, 0.5) is 5.69 Å². The normalized spacial score (nSPS) is 11.6. The lowest BCUT2D eigenvalue weighted by atomic mass is 9.95. The molecule has 1 heterocycles. The molecule has 21 heavy (non-hydrogen) atoms. The summed E-state index contributed by atoms with van der Waals surface area (Å²) in [4.78, 5) is 2.85. The van der Waals surface area contributed by atoms with Gasteiger partial charge in [0.25, 0.3) is 0 Å². The number of anilines is 1. The maximum atomic E-state index is 3.52. The fourth-order valence-corrected chi connectivity index (χ4v) is 3.24. The molecule has 0 aliphatic heterocycles. The van der Waals surface area contributed by atoms with Crippen molar-refractivity contribution in [2.45, 2.75) is 58.9 Å². The van der Waals surface area contributed by atoms with E-state index in [0.717, 1.165) is 6.54 Å². The molecule has 0 saturated heterocycles. The number of hydrogen-bond acceptors (Lipinski definition) is 2. The van der Waals surface area contributed by atoms with Gasteiger partial charge in [-0.25, -0.2) is 0 Å². The van der Waals surface area contributed by atoms with Gasteiger partial charge in [-0.15, -0.1) is 11.3 Å². The molecule has 2 heteroatoms. The average Bonchev–Trinajstić information content (AvgIpc) is 2.93. The number of hydrogen-bond donors (Lipinski definition) is 1. The van der Waals surface area contributed by atoms with E-state index in [9.17, 15) is 0 Å². The van der Waals surface area contributed by atoms with E-state index in [2.05, 4.69) is 69.4 Å². The van der Waals surface area contributed by atoms with Crippen LogP contribution in [0.2, 0.25) is 0 Å². The Labute approximate surface area is 133 Å². The van der Waals surface area contributed by atoms with E-state index in [-0.39, 0.29) is 5.41 Å². The maximum Gasteiger partial charge on any atom is 0.0494 e. The number of benzene rings is 1. The van der Waals surface area contributed by atoms with Crippen molar-refractivity contribution in [2.24, 2.45) is 0 Å². The van der Waals surface area contributed by atoms with Crippen LogP contribution in [0.15, 0.2) is 36.4 Å². The van der Waals surface area contributed by atoms with E-state index >= 15 is 0 Å². The summed E-state index contributed by atoms with van der Waals surface area (Å²) in [6.45, 7) is 9.96. The minimum atomic E-state index is 0.254.